The van der Waals surface area contributed by atoms with Crippen LogP contribution in [-0.2, 0) is 13.6 Å². The molecule has 0 amide bonds. The van der Waals surface area contributed by atoms with Crippen LogP contribution in [0.25, 0.3) is 21.8 Å². The molecule has 0 bridgehead atoms. The molecule has 1 aromatic carbocycles. The largest absolute Gasteiger partial charge is 0.328 e. The number of hydrogen-bond donors (Lipinski definition) is 0. The highest BCUT2D eigenvalue weighted by atomic mass is 35.5. The van der Waals surface area contributed by atoms with Gasteiger partial charge in [0.1, 0.15) is 0 Å². The van der Waals surface area contributed by atoms with Crippen molar-refractivity contribution in [2.75, 3.05) is 0 Å². The Labute approximate surface area is 126 Å². The molecule has 2 heterocycles. The molecular formula is C15H15ClN4O. The monoisotopic (exact) mass is 302 g/mol. The van der Waals surface area contributed by atoms with Crippen LogP contribution >= 0.6 is 11.6 Å². The molecule has 1 aliphatic rings. The van der Waals surface area contributed by atoms with E-state index in [0.29, 0.717) is 11.1 Å². The molecular weight excluding hydrogens is 288 g/mol. The van der Waals surface area contributed by atoms with Crippen LogP contribution < -0.4 is 5.69 Å². The van der Waals surface area contributed by atoms with E-state index in [2.05, 4.69) is 10.2 Å². The zero-order chi connectivity index (χ0) is 14.7. The van der Waals surface area contributed by atoms with Crippen molar-refractivity contribution < 1.29 is 0 Å². The van der Waals surface area contributed by atoms with Gasteiger partial charge in [0.2, 0.25) is 0 Å². The first-order chi connectivity index (χ1) is 10.1. The van der Waals surface area contributed by atoms with Crippen molar-refractivity contribution in [1.82, 2.24) is 19.3 Å². The predicted molar refractivity (Wildman–Crippen MR) is 82.7 cm³/mol. The molecule has 4 rings (SSSR count). The van der Waals surface area contributed by atoms with Crippen molar-refractivity contribution in [2.24, 2.45) is 13.0 Å². The van der Waals surface area contributed by atoms with Gasteiger partial charge in [-0.1, -0.05) is 11.6 Å². The maximum Gasteiger partial charge on any atom is 0.328 e. The molecule has 0 radical (unpaired) electrons. The predicted octanol–water partition coefficient (Wildman–Crippen LogP) is 2.66. The zero-order valence-electron chi connectivity index (χ0n) is 11.9. The average Bonchev–Trinajstić information content (AvgIpc) is 3.26. The van der Waals surface area contributed by atoms with Gasteiger partial charge in [-0.05, 0) is 37.8 Å². The Hall–Kier alpha value is -1.88. The Morgan fingerprint density at radius 2 is 1.95 bits per heavy atom. The average molecular weight is 303 g/mol. The van der Waals surface area contributed by atoms with Gasteiger partial charge < -0.3 is 0 Å². The summed E-state index contributed by atoms with van der Waals surface area (Å²) in [7, 11) is 1.81. The van der Waals surface area contributed by atoms with Crippen molar-refractivity contribution >= 4 is 33.4 Å². The van der Waals surface area contributed by atoms with Crippen LogP contribution in [0.4, 0.5) is 0 Å². The molecule has 6 heteroatoms. The summed E-state index contributed by atoms with van der Waals surface area (Å²) < 4.78 is 3.56. The number of hydrogen-bond acceptors (Lipinski definition) is 3. The summed E-state index contributed by atoms with van der Waals surface area (Å²) in [5.41, 5.74) is 2.69. The third-order valence-electron chi connectivity index (χ3n) is 4.32. The second-order valence-corrected chi connectivity index (χ2v) is 6.22. The second kappa shape index (κ2) is 4.31. The maximum atomic E-state index is 12.5. The van der Waals surface area contributed by atoms with Gasteiger partial charge >= 0.3 is 5.69 Å². The van der Waals surface area contributed by atoms with Crippen molar-refractivity contribution in [2.45, 2.75) is 26.3 Å². The normalized spacial score (nSPS) is 15.2. The third kappa shape index (κ3) is 1.87. The smallest absolute Gasteiger partial charge is 0.295 e. The minimum absolute atomic E-state index is 0.0295. The van der Waals surface area contributed by atoms with Crippen LogP contribution in [-0.4, -0.2) is 19.3 Å². The van der Waals surface area contributed by atoms with E-state index in [1.54, 1.807) is 4.57 Å². The molecule has 0 unspecified atom stereocenters. The third-order valence-corrected chi connectivity index (χ3v) is 4.60. The van der Waals surface area contributed by atoms with E-state index >= 15 is 0 Å². The Kier molecular flexibility index (Phi) is 2.63. The Morgan fingerprint density at radius 3 is 2.67 bits per heavy atom. The fourth-order valence-corrected chi connectivity index (χ4v) is 3.07. The van der Waals surface area contributed by atoms with Gasteiger partial charge in [-0.25, -0.2) is 4.79 Å². The number of aromatic nitrogens is 4. The highest BCUT2D eigenvalue weighted by Crippen LogP contribution is 2.32. The lowest BCUT2D eigenvalue weighted by Gasteiger charge is -2.05. The molecule has 108 valence electrons. The molecule has 2 aromatic heterocycles. The summed E-state index contributed by atoms with van der Waals surface area (Å²) in [6.07, 6.45) is 2.42. The summed E-state index contributed by atoms with van der Waals surface area (Å²) >= 11 is 6.18. The number of fused-ring (bicyclic) bond motifs is 2. The second-order valence-electron chi connectivity index (χ2n) is 5.86. The summed E-state index contributed by atoms with van der Waals surface area (Å²) in [4.78, 5) is 12.5. The quantitative estimate of drug-likeness (QED) is 0.731. The SMILES string of the molecule is Cc1nnc(Cl)c2cc3c(cc12)n(C)c(=O)n3CC1CC1. The lowest BCUT2D eigenvalue weighted by molar-refractivity contribution is 0.609. The van der Waals surface area contributed by atoms with Crippen LogP contribution in [0.5, 0.6) is 0 Å². The van der Waals surface area contributed by atoms with Gasteiger partial charge in [-0.3, -0.25) is 9.13 Å². The highest BCUT2D eigenvalue weighted by molar-refractivity contribution is 6.34. The van der Waals surface area contributed by atoms with Gasteiger partial charge in [-0.2, -0.15) is 5.10 Å². The fourth-order valence-electron chi connectivity index (χ4n) is 2.88. The standard InChI is InChI=1S/C15H15ClN4O/c1-8-10-5-12-13(6-11(10)14(16)18-17-8)20(7-9-3-4-9)15(21)19(12)2/h5-6,9H,3-4,7H2,1-2H3. The van der Waals surface area contributed by atoms with Crippen LogP contribution in [0.2, 0.25) is 5.15 Å². The van der Waals surface area contributed by atoms with E-state index < -0.39 is 0 Å². The van der Waals surface area contributed by atoms with Crippen LogP contribution in [0, 0.1) is 12.8 Å². The number of imidazole rings is 1. The first kappa shape index (κ1) is 12.8. The highest BCUT2D eigenvalue weighted by Gasteiger charge is 2.24. The number of aryl methyl sites for hydroxylation is 2. The van der Waals surface area contributed by atoms with E-state index in [0.717, 1.165) is 34.0 Å². The number of nitrogens with zero attached hydrogens (tertiary/aromatic N) is 4. The van der Waals surface area contributed by atoms with Crippen molar-refractivity contribution in [3.63, 3.8) is 0 Å². The maximum absolute atomic E-state index is 12.5. The first-order valence-electron chi connectivity index (χ1n) is 7.08. The Balaban J connectivity index is 2.11. The molecule has 0 aliphatic heterocycles. The van der Waals surface area contributed by atoms with Crippen LogP contribution in [0.15, 0.2) is 16.9 Å². The molecule has 5 nitrogen and oxygen atoms in total. The van der Waals surface area contributed by atoms with E-state index in [4.69, 9.17) is 11.6 Å². The minimum Gasteiger partial charge on any atom is -0.295 e. The van der Waals surface area contributed by atoms with E-state index in [9.17, 15) is 4.79 Å². The summed E-state index contributed by atoms with van der Waals surface area (Å²) in [6, 6.07) is 3.96. The van der Waals surface area contributed by atoms with Gasteiger partial charge in [0.25, 0.3) is 0 Å². The molecule has 1 saturated carbocycles. The minimum atomic E-state index is 0.0295. The molecule has 0 N–H and O–H groups in total. The van der Waals surface area contributed by atoms with E-state index in [1.807, 2.05) is 30.7 Å². The van der Waals surface area contributed by atoms with Gasteiger partial charge in [0.05, 0.1) is 16.7 Å². The van der Waals surface area contributed by atoms with Crippen molar-refractivity contribution in [1.29, 1.82) is 0 Å². The zero-order valence-corrected chi connectivity index (χ0v) is 12.7. The number of benzene rings is 1. The van der Waals surface area contributed by atoms with Gasteiger partial charge in [-0.15, -0.1) is 5.10 Å². The molecule has 0 spiro atoms. The molecule has 1 aliphatic carbocycles. The van der Waals surface area contributed by atoms with E-state index in [1.165, 1.54) is 12.8 Å². The van der Waals surface area contributed by atoms with Gasteiger partial charge in [0, 0.05) is 24.4 Å². The van der Waals surface area contributed by atoms with Gasteiger partial charge in [0.15, 0.2) is 5.15 Å². The lowest BCUT2D eigenvalue weighted by Crippen LogP contribution is -2.22. The summed E-state index contributed by atoms with van der Waals surface area (Å²) in [6.45, 7) is 2.69. The number of halogens is 1. The molecule has 0 atom stereocenters. The fraction of sp³-hybridized carbons (Fsp3) is 0.400. The molecule has 3 aromatic rings. The van der Waals surface area contributed by atoms with Crippen molar-refractivity contribution in [3.05, 3.63) is 33.5 Å². The molecule has 0 saturated heterocycles. The topological polar surface area (TPSA) is 52.7 Å². The lowest BCUT2D eigenvalue weighted by atomic mass is 10.1. The molecule has 1 fully saturated rings. The molecule has 21 heavy (non-hydrogen) atoms. The Morgan fingerprint density at radius 1 is 1.24 bits per heavy atom. The first-order valence-corrected chi connectivity index (χ1v) is 7.46. The van der Waals surface area contributed by atoms with E-state index in [-0.39, 0.29) is 5.69 Å². The number of rotatable bonds is 2. The summed E-state index contributed by atoms with van der Waals surface area (Å²) in [5, 5.41) is 10.2. The van der Waals surface area contributed by atoms with Crippen molar-refractivity contribution in [3.8, 4) is 0 Å². The Bertz CT molecular complexity index is 936. The van der Waals surface area contributed by atoms with Crippen LogP contribution in [0.1, 0.15) is 18.5 Å². The van der Waals surface area contributed by atoms with Crippen LogP contribution in [0.3, 0.4) is 0 Å². The summed E-state index contributed by atoms with van der Waals surface area (Å²) in [5.74, 6) is 0.636.